The molecule has 0 atom stereocenters. The van der Waals surface area contributed by atoms with E-state index < -0.39 is 15.9 Å². The van der Waals surface area contributed by atoms with Gasteiger partial charge >= 0.3 is 0 Å². The van der Waals surface area contributed by atoms with Crippen molar-refractivity contribution >= 4 is 21.6 Å². The molecule has 0 saturated carbocycles. The van der Waals surface area contributed by atoms with Crippen molar-refractivity contribution in [3.05, 3.63) is 95.9 Å². The minimum atomic E-state index is -3.85. The van der Waals surface area contributed by atoms with Crippen molar-refractivity contribution in [3.8, 4) is 11.4 Å². The van der Waals surface area contributed by atoms with Crippen molar-refractivity contribution in [2.24, 2.45) is 0 Å². The van der Waals surface area contributed by atoms with Crippen LogP contribution >= 0.6 is 0 Å². The molecule has 4 aromatic rings. The molecular weight excluding hydrogens is 428 g/mol. The summed E-state index contributed by atoms with van der Waals surface area (Å²) in [6, 6.07) is 22.1. The Hall–Kier alpha value is -3.98. The highest BCUT2D eigenvalue weighted by Gasteiger charge is 2.17. The summed E-state index contributed by atoms with van der Waals surface area (Å²) in [4.78, 5) is 16.8. The zero-order valence-electron chi connectivity index (χ0n) is 17.1. The van der Waals surface area contributed by atoms with Crippen LogP contribution in [0.2, 0.25) is 0 Å². The molecule has 162 valence electrons. The average molecular weight is 449 g/mol. The lowest BCUT2D eigenvalue weighted by Gasteiger charge is -2.10. The van der Waals surface area contributed by atoms with Gasteiger partial charge in [0.15, 0.2) is 0 Å². The van der Waals surface area contributed by atoms with Crippen LogP contribution in [0.15, 0.2) is 88.3 Å². The number of hydrogen-bond acceptors (Lipinski definition) is 6. The number of aromatic nitrogens is 2. The third-order valence-electron chi connectivity index (χ3n) is 4.61. The maximum absolute atomic E-state index is 12.7. The molecule has 0 fully saturated rings. The summed E-state index contributed by atoms with van der Waals surface area (Å²) < 4.78 is 33.1. The first-order valence-electron chi connectivity index (χ1n) is 9.76. The number of carbonyl (C=O) groups is 1. The molecule has 0 bridgehead atoms. The maximum atomic E-state index is 12.7. The summed E-state index contributed by atoms with van der Waals surface area (Å²) in [5, 5.41) is 6.57. The Bertz CT molecular complexity index is 1330. The summed E-state index contributed by atoms with van der Waals surface area (Å²) in [7, 11) is -3.85. The van der Waals surface area contributed by atoms with Crippen LogP contribution in [0.4, 0.5) is 5.69 Å². The van der Waals surface area contributed by atoms with Crippen LogP contribution in [0.1, 0.15) is 21.8 Å². The Balaban J connectivity index is 1.43. The van der Waals surface area contributed by atoms with Gasteiger partial charge in [-0.1, -0.05) is 59.3 Å². The molecule has 8 nitrogen and oxygen atoms in total. The highest BCUT2D eigenvalue weighted by Crippen LogP contribution is 2.18. The summed E-state index contributed by atoms with van der Waals surface area (Å²) in [6.45, 7) is 1.93. The SMILES string of the molecule is Cc1ccc(NS(=O)(=O)c2cccc(C(=O)NCc3nc(-c4ccccc4)no3)c2)cc1. The zero-order valence-corrected chi connectivity index (χ0v) is 18.0. The molecule has 9 heteroatoms. The fourth-order valence-corrected chi connectivity index (χ4v) is 4.03. The van der Waals surface area contributed by atoms with Gasteiger partial charge in [-0.2, -0.15) is 4.98 Å². The molecule has 0 unspecified atom stereocenters. The van der Waals surface area contributed by atoms with Gasteiger partial charge in [-0.05, 0) is 37.3 Å². The zero-order chi connectivity index (χ0) is 22.6. The predicted octanol–water partition coefficient (Wildman–Crippen LogP) is 3.78. The molecule has 4 rings (SSSR count). The predicted molar refractivity (Wildman–Crippen MR) is 119 cm³/mol. The van der Waals surface area contributed by atoms with Crippen molar-refractivity contribution in [3.63, 3.8) is 0 Å². The largest absolute Gasteiger partial charge is 0.343 e. The molecule has 0 radical (unpaired) electrons. The minimum Gasteiger partial charge on any atom is -0.343 e. The number of aryl methyl sites for hydroxylation is 1. The summed E-state index contributed by atoms with van der Waals surface area (Å²) >= 11 is 0. The van der Waals surface area contributed by atoms with Gasteiger partial charge < -0.3 is 9.84 Å². The number of sulfonamides is 1. The molecule has 32 heavy (non-hydrogen) atoms. The molecular formula is C23H20N4O4S. The second kappa shape index (κ2) is 9.03. The monoisotopic (exact) mass is 448 g/mol. The molecule has 0 aliphatic heterocycles. The molecule has 1 amide bonds. The van der Waals surface area contributed by atoms with E-state index in [0.29, 0.717) is 11.5 Å². The Morgan fingerprint density at radius 1 is 0.969 bits per heavy atom. The Labute approximate surface area is 185 Å². The molecule has 0 saturated heterocycles. The van der Waals surface area contributed by atoms with E-state index in [1.807, 2.05) is 49.4 Å². The van der Waals surface area contributed by atoms with E-state index in [9.17, 15) is 13.2 Å². The number of nitrogens with one attached hydrogen (secondary N) is 2. The van der Waals surface area contributed by atoms with Crippen LogP contribution in [-0.4, -0.2) is 24.5 Å². The average Bonchev–Trinajstić information content (AvgIpc) is 3.29. The molecule has 1 aromatic heterocycles. The van der Waals surface area contributed by atoms with E-state index >= 15 is 0 Å². The second-order valence-electron chi connectivity index (χ2n) is 7.06. The van der Waals surface area contributed by atoms with E-state index in [2.05, 4.69) is 20.2 Å². The van der Waals surface area contributed by atoms with Crippen molar-refractivity contribution in [2.45, 2.75) is 18.4 Å². The van der Waals surface area contributed by atoms with Crippen LogP contribution in [0.25, 0.3) is 11.4 Å². The van der Waals surface area contributed by atoms with E-state index in [1.165, 1.54) is 24.3 Å². The van der Waals surface area contributed by atoms with Gasteiger partial charge in [0, 0.05) is 16.8 Å². The number of hydrogen-bond donors (Lipinski definition) is 2. The van der Waals surface area contributed by atoms with Crippen molar-refractivity contribution in [1.82, 2.24) is 15.5 Å². The van der Waals surface area contributed by atoms with Crippen molar-refractivity contribution < 1.29 is 17.7 Å². The highest BCUT2D eigenvalue weighted by molar-refractivity contribution is 7.92. The van der Waals surface area contributed by atoms with E-state index in [-0.39, 0.29) is 22.9 Å². The van der Waals surface area contributed by atoms with Crippen LogP contribution < -0.4 is 10.0 Å². The van der Waals surface area contributed by atoms with Gasteiger partial charge in [0.1, 0.15) is 0 Å². The quantitative estimate of drug-likeness (QED) is 0.445. The summed E-state index contributed by atoms with van der Waals surface area (Å²) in [5.41, 5.74) is 2.45. The number of carbonyl (C=O) groups excluding carboxylic acids is 1. The van der Waals surface area contributed by atoms with Crippen LogP contribution in [0.5, 0.6) is 0 Å². The van der Waals surface area contributed by atoms with Gasteiger partial charge in [0.2, 0.25) is 11.7 Å². The number of benzene rings is 3. The fraction of sp³-hybridized carbons (Fsp3) is 0.0870. The van der Waals surface area contributed by atoms with Crippen LogP contribution in [-0.2, 0) is 16.6 Å². The van der Waals surface area contributed by atoms with Crippen molar-refractivity contribution in [2.75, 3.05) is 4.72 Å². The molecule has 0 aliphatic rings. The first-order valence-corrected chi connectivity index (χ1v) is 11.2. The number of amides is 1. The molecule has 1 heterocycles. The van der Waals surface area contributed by atoms with Gasteiger partial charge in [0.05, 0.1) is 11.4 Å². The lowest BCUT2D eigenvalue weighted by molar-refractivity contribution is 0.0946. The van der Waals surface area contributed by atoms with Gasteiger partial charge in [-0.25, -0.2) is 8.42 Å². The molecule has 0 aliphatic carbocycles. The standard InChI is InChI=1S/C23H20N4O4S/c1-16-10-12-19(13-11-16)27-32(29,30)20-9-5-8-18(14-20)23(28)24-15-21-25-22(26-31-21)17-6-3-2-4-7-17/h2-14,27H,15H2,1H3,(H,24,28). The number of rotatable bonds is 7. The maximum Gasteiger partial charge on any atom is 0.261 e. The van der Waals surface area contributed by atoms with E-state index in [1.54, 1.807) is 12.1 Å². The van der Waals surface area contributed by atoms with E-state index in [4.69, 9.17) is 4.52 Å². The number of anilines is 1. The third-order valence-corrected chi connectivity index (χ3v) is 5.99. The third kappa shape index (κ3) is 5.01. The highest BCUT2D eigenvalue weighted by atomic mass is 32.2. The number of nitrogens with zero attached hydrogens (tertiary/aromatic N) is 2. The summed E-state index contributed by atoms with van der Waals surface area (Å²) in [5.74, 6) is 0.198. The smallest absolute Gasteiger partial charge is 0.261 e. The topological polar surface area (TPSA) is 114 Å². The summed E-state index contributed by atoms with van der Waals surface area (Å²) in [6.07, 6.45) is 0. The van der Waals surface area contributed by atoms with Crippen LogP contribution in [0.3, 0.4) is 0 Å². The lowest BCUT2D eigenvalue weighted by Crippen LogP contribution is -2.23. The lowest BCUT2D eigenvalue weighted by atomic mass is 10.2. The van der Waals surface area contributed by atoms with Gasteiger partial charge in [-0.15, -0.1) is 0 Å². The first kappa shape index (κ1) is 21.3. The second-order valence-corrected chi connectivity index (χ2v) is 8.74. The minimum absolute atomic E-state index is 0.0112. The first-order chi connectivity index (χ1) is 15.4. The van der Waals surface area contributed by atoms with Gasteiger partial charge in [-0.3, -0.25) is 9.52 Å². The van der Waals surface area contributed by atoms with Crippen molar-refractivity contribution in [1.29, 1.82) is 0 Å². The fourth-order valence-electron chi connectivity index (χ4n) is 2.93. The molecule has 2 N–H and O–H groups in total. The Morgan fingerprint density at radius 2 is 1.72 bits per heavy atom. The van der Waals surface area contributed by atoms with Gasteiger partial charge in [0.25, 0.3) is 15.9 Å². The molecule has 3 aromatic carbocycles. The Kier molecular flexibility index (Phi) is 6.00. The van der Waals surface area contributed by atoms with E-state index in [0.717, 1.165) is 11.1 Å². The normalized spacial score (nSPS) is 11.2. The molecule has 0 spiro atoms. The Morgan fingerprint density at radius 3 is 2.47 bits per heavy atom. The van der Waals surface area contributed by atoms with Crippen LogP contribution in [0, 0.1) is 6.92 Å².